The molecule has 0 spiro atoms. The van der Waals surface area contributed by atoms with Crippen molar-refractivity contribution in [2.75, 3.05) is 19.6 Å². The number of carbonyl (C=O) groups is 1. The molecule has 27 heavy (non-hydrogen) atoms. The fourth-order valence-electron chi connectivity index (χ4n) is 4.32. The third-order valence-electron chi connectivity index (χ3n) is 5.69. The number of amides is 1. The number of likely N-dealkylation sites (tertiary alicyclic amines) is 2. The fourth-order valence-corrected chi connectivity index (χ4v) is 4.65. The third-order valence-corrected chi connectivity index (χ3v) is 6.43. The van der Waals surface area contributed by atoms with Gasteiger partial charge in [-0.3, -0.25) is 14.7 Å². The van der Waals surface area contributed by atoms with Gasteiger partial charge >= 0.3 is 0 Å². The highest BCUT2D eigenvalue weighted by Crippen LogP contribution is 2.32. The predicted molar refractivity (Wildman–Crippen MR) is 108 cm³/mol. The molecule has 0 aliphatic carbocycles. The molecule has 1 aromatic heterocycles. The van der Waals surface area contributed by atoms with E-state index in [1.807, 2.05) is 35.2 Å². The van der Waals surface area contributed by atoms with Gasteiger partial charge in [-0.15, -0.1) is 0 Å². The van der Waals surface area contributed by atoms with Crippen molar-refractivity contribution in [2.45, 2.75) is 31.8 Å². The van der Waals surface area contributed by atoms with Gasteiger partial charge in [0.1, 0.15) is 5.69 Å². The summed E-state index contributed by atoms with van der Waals surface area (Å²) in [5, 5.41) is 1.18. The van der Waals surface area contributed by atoms with Crippen molar-refractivity contribution >= 4 is 29.1 Å². The zero-order valence-corrected chi connectivity index (χ0v) is 16.7. The number of halogens is 2. The second kappa shape index (κ2) is 8.17. The highest BCUT2D eigenvalue weighted by atomic mass is 35.5. The maximum atomic E-state index is 12.8. The molecule has 1 amide bonds. The van der Waals surface area contributed by atoms with E-state index in [0.29, 0.717) is 27.7 Å². The molecule has 2 atom stereocenters. The Morgan fingerprint density at radius 2 is 2.00 bits per heavy atom. The summed E-state index contributed by atoms with van der Waals surface area (Å²) in [6, 6.07) is 11.7. The lowest BCUT2D eigenvalue weighted by Crippen LogP contribution is -2.40. The topological polar surface area (TPSA) is 36.4 Å². The number of hydrogen-bond acceptors (Lipinski definition) is 3. The summed E-state index contributed by atoms with van der Waals surface area (Å²) in [7, 11) is 0. The van der Waals surface area contributed by atoms with Gasteiger partial charge in [-0.1, -0.05) is 41.8 Å². The summed E-state index contributed by atoms with van der Waals surface area (Å²) < 4.78 is 0. The summed E-state index contributed by atoms with van der Waals surface area (Å²) in [4.78, 5) is 21.6. The van der Waals surface area contributed by atoms with Gasteiger partial charge in [-0.05, 0) is 55.1 Å². The van der Waals surface area contributed by atoms with Crippen LogP contribution in [0, 0.1) is 5.92 Å². The van der Waals surface area contributed by atoms with Gasteiger partial charge in [0.15, 0.2) is 0 Å². The van der Waals surface area contributed by atoms with Gasteiger partial charge in [0.2, 0.25) is 0 Å². The minimum Gasteiger partial charge on any atom is -0.335 e. The lowest BCUT2D eigenvalue weighted by atomic mass is 9.98. The lowest BCUT2D eigenvalue weighted by molar-refractivity contribution is 0.0767. The molecule has 0 unspecified atom stereocenters. The van der Waals surface area contributed by atoms with Crippen LogP contribution in [0.25, 0.3) is 0 Å². The summed E-state index contributed by atoms with van der Waals surface area (Å²) in [5.74, 6) is 0.557. The van der Waals surface area contributed by atoms with Crippen LogP contribution in [0.2, 0.25) is 10.0 Å². The SMILES string of the molecule is O=C(c1ccccn1)N1C[C@@H]2CCCCN(Cc3ccc(Cl)c(Cl)c3)[C@@H]2C1. The molecule has 2 aromatic rings. The van der Waals surface area contributed by atoms with E-state index in [-0.39, 0.29) is 5.91 Å². The van der Waals surface area contributed by atoms with Crippen LogP contribution in [0.1, 0.15) is 35.3 Å². The van der Waals surface area contributed by atoms with Crippen molar-refractivity contribution in [3.63, 3.8) is 0 Å². The smallest absolute Gasteiger partial charge is 0.272 e. The van der Waals surface area contributed by atoms with E-state index in [1.54, 1.807) is 12.3 Å². The molecule has 6 heteroatoms. The second-order valence-electron chi connectivity index (χ2n) is 7.47. The Morgan fingerprint density at radius 3 is 2.78 bits per heavy atom. The molecule has 0 radical (unpaired) electrons. The molecule has 142 valence electrons. The molecule has 4 rings (SSSR count). The molecule has 1 aromatic carbocycles. The molecular weight excluding hydrogens is 381 g/mol. The summed E-state index contributed by atoms with van der Waals surface area (Å²) >= 11 is 12.3. The lowest BCUT2D eigenvalue weighted by Gasteiger charge is -2.30. The van der Waals surface area contributed by atoms with Crippen LogP contribution >= 0.6 is 23.2 Å². The molecule has 2 aliphatic rings. The zero-order valence-electron chi connectivity index (χ0n) is 15.2. The monoisotopic (exact) mass is 403 g/mol. The van der Waals surface area contributed by atoms with Crippen LogP contribution in [0.4, 0.5) is 0 Å². The number of aromatic nitrogens is 1. The van der Waals surface area contributed by atoms with Crippen LogP contribution in [0.3, 0.4) is 0 Å². The molecule has 0 saturated carbocycles. The van der Waals surface area contributed by atoms with Gasteiger partial charge in [0, 0.05) is 31.9 Å². The van der Waals surface area contributed by atoms with E-state index >= 15 is 0 Å². The Hall–Kier alpha value is -1.62. The Bertz CT molecular complexity index is 814. The van der Waals surface area contributed by atoms with E-state index < -0.39 is 0 Å². The highest BCUT2D eigenvalue weighted by Gasteiger charge is 2.39. The van der Waals surface area contributed by atoms with Crippen molar-refractivity contribution in [3.8, 4) is 0 Å². The first-order chi connectivity index (χ1) is 13.1. The number of benzene rings is 1. The minimum atomic E-state index is 0.0400. The van der Waals surface area contributed by atoms with E-state index in [2.05, 4.69) is 9.88 Å². The predicted octanol–water partition coefficient (Wildman–Crippen LogP) is 4.52. The Kier molecular flexibility index (Phi) is 5.67. The maximum absolute atomic E-state index is 12.8. The average Bonchev–Trinajstić information content (AvgIpc) is 3.02. The molecule has 3 heterocycles. The standard InChI is InChI=1S/C21H23Cl2N3O/c22-17-8-7-15(11-18(17)23)12-25-10-4-2-5-16-13-26(14-20(16)25)21(27)19-6-1-3-9-24-19/h1,3,6-9,11,16,20H,2,4-5,10,12-14H2/t16-,20+/m0/s1. The van der Waals surface area contributed by atoms with Crippen LogP contribution in [0.15, 0.2) is 42.6 Å². The van der Waals surface area contributed by atoms with Crippen LogP contribution in [0.5, 0.6) is 0 Å². The Morgan fingerprint density at radius 1 is 1.11 bits per heavy atom. The van der Waals surface area contributed by atoms with Crippen molar-refractivity contribution in [1.29, 1.82) is 0 Å². The van der Waals surface area contributed by atoms with E-state index in [1.165, 1.54) is 24.8 Å². The first-order valence-corrected chi connectivity index (χ1v) is 10.3. The third kappa shape index (κ3) is 4.13. The highest BCUT2D eigenvalue weighted by molar-refractivity contribution is 6.42. The number of hydrogen-bond donors (Lipinski definition) is 0. The van der Waals surface area contributed by atoms with E-state index in [4.69, 9.17) is 23.2 Å². The molecule has 4 nitrogen and oxygen atoms in total. The van der Waals surface area contributed by atoms with Crippen LogP contribution in [-0.4, -0.2) is 46.4 Å². The number of fused-ring (bicyclic) bond motifs is 1. The van der Waals surface area contributed by atoms with E-state index in [0.717, 1.165) is 26.2 Å². The van der Waals surface area contributed by atoms with Gasteiger partial charge in [0.05, 0.1) is 10.0 Å². The van der Waals surface area contributed by atoms with Crippen molar-refractivity contribution in [2.24, 2.45) is 5.92 Å². The molecular formula is C21H23Cl2N3O. The van der Waals surface area contributed by atoms with Gasteiger partial charge < -0.3 is 4.90 Å². The normalized spacial score (nSPS) is 23.1. The van der Waals surface area contributed by atoms with Crippen molar-refractivity contribution < 1.29 is 4.79 Å². The zero-order chi connectivity index (χ0) is 18.8. The molecule has 0 bridgehead atoms. The number of nitrogens with zero attached hydrogens (tertiary/aromatic N) is 3. The summed E-state index contributed by atoms with van der Waals surface area (Å²) in [5.41, 5.74) is 1.70. The van der Waals surface area contributed by atoms with E-state index in [9.17, 15) is 4.79 Å². The molecule has 2 fully saturated rings. The van der Waals surface area contributed by atoms with Crippen LogP contribution in [-0.2, 0) is 6.54 Å². The maximum Gasteiger partial charge on any atom is 0.272 e. The molecule has 2 saturated heterocycles. The van der Waals surface area contributed by atoms with Crippen molar-refractivity contribution in [1.82, 2.24) is 14.8 Å². The fraction of sp³-hybridized carbons (Fsp3) is 0.429. The first-order valence-electron chi connectivity index (χ1n) is 9.50. The second-order valence-corrected chi connectivity index (χ2v) is 8.28. The number of rotatable bonds is 3. The Balaban J connectivity index is 1.50. The van der Waals surface area contributed by atoms with Gasteiger partial charge in [-0.25, -0.2) is 0 Å². The largest absolute Gasteiger partial charge is 0.335 e. The molecule has 2 aliphatic heterocycles. The summed E-state index contributed by atoms with van der Waals surface area (Å²) in [6.45, 7) is 3.47. The van der Waals surface area contributed by atoms with Gasteiger partial charge in [-0.2, -0.15) is 0 Å². The van der Waals surface area contributed by atoms with Gasteiger partial charge in [0.25, 0.3) is 5.91 Å². The summed E-state index contributed by atoms with van der Waals surface area (Å²) in [6.07, 6.45) is 5.26. The minimum absolute atomic E-state index is 0.0400. The quantitative estimate of drug-likeness (QED) is 0.755. The molecule has 0 N–H and O–H groups in total. The Labute approximate surface area is 170 Å². The number of carbonyl (C=O) groups excluding carboxylic acids is 1. The first kappa shape index (κ1) is 18.7. The van der Waals surface area contributed by atoms with Crippen molar-refractivity contribution in [3.05, 3.63) is 63.9 Å². The number of pyridine rings is 1. The average molecular weight is 404 g/mol. The van der Waals surface area contributed by atoms with Crippen LogP contribution < -0.4 is 0 Å².